The smallest absolute Gasteiger partial charge is 0.240 e. The van der Waals surface area contributed by atoms with Gasteiger partial charge in [0.2, 0.25) is 5.91 Å². The van der Waals surface area contributed by atoms with E-state index in [0.717, 1.165) is 31.5 Å². The van der Waals surface area contributed by atoms with Crippen molar-refractivity contribution in [3.63, 3.8) is 0 Å². The summed E-state index contributed by atoms with van der Waals surface area (Å²) < 4.78 is 2.30. The van der Waals surface area contributed by atoms with E-state index in [0.29, 0.717) is 4.77 Å². The molecule has 0 aliphatic carbocycles. The Balaban J connectivity index is 2.49. The summed E-state index contributed by atoms with van der Waals surface area (Å²) in [5.41, 5.74) is 0. The number of amides is 1. The lowest BCUT2D eigenvalue weighted by Gasteiger charge is -2.14. The highest BCUT2D eigenvalue weighted by Gasteiger charge is 2.11. The number of aryl methyl sites for hydroxylation is 1. The minimum absolute atomic E-state index is 0.00357. The number of hydrogen-bond acceptors (Lipinski definition) is 3. The third-order valence-corrected chi connectivity index (χ3v) is 3.57. The van der Waals surface area contributed by atoms with Crippen molar-refractivity contribution in [3.05, 3.63) is 10.6 Å². The lowest BCUT2D eigenvalue weighted by atomic mass is 10.1. The van der Waals surface area contributed by atoms with Crippen LogP contribution in [0.5, 0.6) is 0 Å². The maximum atomic E-state index is 12.0. The van der Waals surface area contributed by atoms with E-state index in [2.05, 4.69) is 36.3 Å². The molecule has 5 nitrogen and oxygen atoms in total. The minimum atomic E-state index is 0.00357. The largest absolute Gasteiger partial charge is 0.352 e. The number of hydrogen-bond donors (Lipinski definition) is 2. The first-order chi connectivity index (χ1) is 9.58. The Morgan fingerprint density at radius 3 is 2.80 bits per heavy atom. The van der Waals surface area contributed by atoms with Gasteiger partial charge in [0, 0.05) is 12.5 Å². The summed E-state index contributed by atoms with van der Waals surface area (Å²) in [6.45, 7) is 6.56. The van der Waals surface area contributed by atoms with Crippen LogP contribution in [0.1, 0.15) is 58.7 Å². The molecule has 0 aliphatic heterocycles. The van der Waals surface area contributed by atoms with Crippen LogP contribution in [0.3, 0.4) is 0 Å². The van der Waals surface area contributed by atoms with Crippen LogP contribution in [0.25, 0.3) is 0 Å². The van der Waals surface area contributed by atoms with Crippen LogP contribution in [-0.4, -0.2) is 26.7 Å². The van der Waals surface area contributed by atoms with Crippen LogP contribution >= 0.6 is 12.2 Å². The molecule has 1 aromatic heterocycles. The Bertz CT molecular complexity index is 466. The van der Waals surface area contributed by atoms with E-state index in [1.165, 1.54) is 12.8 Å². The van der Waals surface area contributed by atoms with Gasteiger partial charge in [-0.2, -0.15) is 5.10 Å². The second-order valence-electron chi connectivity index (χ2n) is 5.25. The number of aromatic amines is 1. The Kier molecular flexibility index (Phi) is 7.51. The zero-order valence-corrected chi connectivity index (χ0v) is 13.6. The van der Waals surface area contributed by atoms with E-state index >= 15 is 0 Å². The molecule has 1 heterocycles. The Labute approximate surface area is 126 Å². The van der Waals surface area contributed by atoms with Crippen molar-refractivity contribution in [1.82, 2.24) is 20.1 Å². The van der Waals surface area contributed by atoms with Crippen LogP contribution in [0, 0.1) is 4.77 Å². The van der Waals surface area contributed by atoms with Gasteiger partial charge in [-0.3, -0.25) is 14.5 Å². The quantitative estimate of drug-likeness (QED) is 0.544. The van der Waals surface area contributed by atoms with Gasteiger partial charge in [0.25, 0.3) is 0 Å². The fourth-order valence-electron chi connectivity index (χ4n) is 2.16. The molecule has 0 saturated heterocycles. The van der Waals surface area contributed by atoms with Gasteiger partial charge in [-0.05, 0) is 32.0 Å². The predicted molar refractivity (Wildman–Crippen MR) is 83.2 cm³/mol. The molecule has 0 radical (unpaired) electrons. The predicted octanol–water partition coefficient (Wildman–Crippen LogP) is 2.98. The standard InChI is InChI=1S/C14H26N4OS/c1-4-6-7-9-11(3)15-13(19)10-18-12(8-5-2)16-17-14(18)20/h11H,4-10H2,1-3H3,(H,15,19)(H,17,20)/t11-/m1/s1. The molecule has 1 rings (SSSR count). The lowest BCUT2D eigenvalue weighted by molar-refractivity contribution is -0.122. The van der Waals surface area contributed by atoms with Crippen molar-refractivity contribution in [2.45, 2.75) is 71.9 Å². The fourth-order valence-corrected chi connectivity index (χ4v) is 2.38. The zero-order valence-electron chi connectivity index (χ0n) is 12.7. The average Bonchev–Trinajstić information content (AvgIpc) is 2.72. The first kappa shape index (κ1) is 16.9. The number of carbonyl (C=O) groups is 1. The monoisotopic (exact) mass is 298 g/mol. The normalized spacial score (nSPS) is 12.3. The fraction of sp³-hybridized carbons (Fsp3) is 0.786. The molecule has 0 spiro atoms. The third-order valence-electron chi connectivity index (χ3n) is 3.26. The van der Waals surface area contributed by atoms with Crippen LogP contribution in [0.2, 0.25) is 0 Å². The van der Waals surface area contributed by atoms with Gasteiger partial charge in [0.05, 0.1) is 0 Å². The van der Waals surface area contributed by atoms with Gasteiger partial charge < -0.3 is 5.32 Å². The number of nitrogens with zero attached hydrogens (tertiary/aromatic N) is 2. The first-order valence-corrected chi connectivity index (χ1v) is 7.92. The molecule has 1 amide bonds. The molecular weight excluding hydrogens is 272 g/mol. The van der Waals surface area contributed by atoms with Crippen molar-refractivity contribution in [1.29, 1.82) is 0 Å². The Morgan fingerprint density at radius 2 is 2.15 bits per heavy atom. The molecule has 2 N–H and O–H groups in total. The van der Waals surface area contributed by atoms with E-state index in [9.17, 15) is 4.79 Å². The molecule has 0 unspecified atom stereocenters. The van der Waals surface area contributed by atoms with Crippen LogP contribution in [0.15, 0.2) is 0 Å². The van der Waals surface area contributed by atoms with Gasteiger partial charge in [-0.25, -0.2) is 0 Å². The number of carbonyl (C=O) groups excluding carboxylic acids is 1. The van der Waals surface area contributed by atoms with E-state index in [1.54, 1.807) is 4.57 Å². The Morgan fingerprint density at radius 1 is 1.40 bits per heavy atom. The van der Waals surface area contributed by atoms with Crippen LogP contribution < -0.4 is 5.32 Å². The molecule has 20 heavy (non-hydrogen) atoms. The maximum absolute atomic E-state index is 12.0. The molecule has 114 valence electrons. The van der Waals surface area contributed by atoms with Gasteiger partial charge in [-0.1, -0.05) is 33.1 Å². The van der Waals surface area contributed by atoms with Crippen molar-refractivity contribution in [2.75, 3.05) is 0 Å². The summed E-state index contributed by atoms with van der Waals surface area (Å²) in [4.78, 5) is 12.0. The van der Waals surface area contributed by atoms with E-state index in [4.69, 9.17) is 12.2 Å². The number of nitrogens with one attached hydrogen (secondary N) is 2. The summed E-state index contributed by atoms with van der Waals surface area (Å²) in [5, 5.41) is 9.95. The highest BCUT2D eigenvalue weighted by atomic mass is 32.1. The molecule has 1 aromatic rings. The summed E-state index contributed by atoms with van der Waals surface area (Å²) in [6.07, 6.45) is 6.41. The van der Waals surface area contributed by atoms with Crippen LogP contribution in [-0.2, 0) is 17.8 Å². The van der Waals surface area contributed by atoms with Crippen molar-refractivity contribution in [2.24, 2.45) is 0 Å². The van der Waals surface area contributed by atoms with Crippen molar-refractivity contribution < 1.29 is 4.79 Å². The molecule has 6 heteroatoms. The van der Waals surface area contributed by atoms with Gasteiger partial charge in [0.1, 0.15) is 12.4 Å². The molecule has 0 fully saturated rings. The average molecular weight is 298 g/mol. The van der Waals surface area contributed by atoms with Gasteiger partial charge in [0.15, 0.2) is 4.77 Å². The Hall–Kier alpha value is -1.17. The second-order valence-corrected chi connectivity index (χ2v) is 5.63. The minimum Gasteiger partial charge on any atom is -0.352 e. The number of unbranched alkanes of at least 4 members (excludes halogenated alkanes) is 2. The van der Waals surface area contributed by atoms with E-state index < -0.39 is 0 Å². The molecule has 1 atom stereocenters. The first-order valence-electron chi connectivity index (χ1n) is 7.51. The molecule has 0 bridgehead atoms. The molecular formula is C14H26N4OS. The van der Waals surface area contributed by atoms with E-state index in [1.807, 2.05) is 0 Å². The maximum Gasteiger partial charge on any atom is 0.240 e. The van der Waals surface area contributed by atoms with E-state index in [-0.39, 0.29) is 18.5 Å². The van der Waals surface area contributed by atoms with Crippen molar-refractivity contribution in [3.8, 4) is 0 Å². The second kappa shape index (κ2) is 8.89. The third kappa shape index (κ3) is 5.45. The number of rotatable bonds is 9. The molecule has 0 aromatic carbocycles. The summed E-state index contributed by atoms with van der Waals surface area (Å²) in [7, 11) is 0. The summed E-state index contributed by atoms with van der Waals surface area (Å²) >= 11 is 5.17. The molecule has 0 saturated carbocycles. The number of aromatic nitrogens is 3. The topological polar surface area (TPSA) is 62.7 Å². The van der Waals surface area contributed by atoms with Gasteiger partial charge >= 0.3 is 0 Å². The zero-order chi connectivity index (χ0) is 15.0. The van der Waals surface area contributed by atoms with Gasteiger partial charge in [-0.15, -0.1) is 0 Å². The highest BCUT2D eigenvalue weighted by Crippen LogP contribution is 2.04. The summed E-state index contributed by atoms with van der Waals surface area (Å²) in [6, 6.07) is 0.213. The van der Waals surface area contributed by atoms with Crippen molar-refractivity contribution >= 4 is 18.1 Å². The highest BCUT2D eigenvalue weighted by molar-refractivity contribution is 7.71. The summed E-state index contributed by atoms with van der Waals surface area (Å²) in [5.74, 6) is 0.857. The lowest BCUT2D eigenvalue weighted by Crippen LogP contribution is -2.35. The molecule has 0 aliphatic rings. The van der Waals surface area contributed by atoms with Crippen LogP contribution in [0.4, 0.5) is 0 Å². The number of H-pyrrole nitrogens is 1. The SMILES string of the molecule is CCCCC[C@@H](C)NC(=O)Cn1c(CCC)n[nH]c1=S.